The molecule has 9 heteroatoms. The summed E-state index contributed by atoms with van der Waals surface area (Å²) in [6, 6.07) is 3.06. The highest BCUT2D eigenvalue weighted by molar-refractivity contribution is 5.97. The Hall–Kier alpha value is -3.23. The normalized spacial score (nSPS) is 19.3. The second kappa shape index (κ2) is 6.82. The van der Waals surface area contributed by atoms with Gasteiger partial charge in [0.15, 0.2) is 0 Å². The molecule has 1 aliphatic rings. The number of amides is 1. The van der Waals surface area contributed by atoms with Gasteiger partial charge in [0.2, 0.25) is 0 Å². The van der Waals surface area contributed by atoms with Gasteiger partial charge in [0, 0.05) is 6.07 Å². The summed E-state index contributed by atoms with van der Waals surface area (Å²) < 4.78 is 14.8. The summed E-state index contributed by atoms with van der Waals surface area (Å²) in [6.45, 7) is 6.92. The summed E-state index contributed by atoms with van der Waals surface area (Å²) in [5.74, 6) is 0.201. The van der Waals surface area contributed by atoms with E-state index in [-0.39, 0.29) is 30.0 Å². The van der Waals surface area contributed by atoms with E-state index in [0.29, 0.717) is 11.4 Å². The van der Waals surface area contributed by atoms with E-state index in [2.05, 4.69) is 27.2 Å². The SMILES string of the molecule is C=CC1(CCC(C)F)NC(=O)c2c(C)cc(Nc3cc(N)ncn3)c(=O)n21. The number of aryl methyl sites for hydroxylation is 1. The van der Waals surface area contributed by atoms with Crippen LogP contribution in [0.15, 0.2) is 35.9 Å². The maximum atomic E-state index is 13.4. The van der Waals surface area contributed by atoms with Gasteiger partial charge in [0.25, 0.3) is 11.5 Å². The van der Waals surface area contributed by atoms with Gasteiger partial charge in [0.1, 0.15) is 35.0 Å². The van der Waals surface area contributed by atoms with Crippen LogP contribution in [0, 0.1) is 6.92 Å². The number of aromatic nitrogens is 3. The van der Waals surface area contributed by atoms with E-state index in [0.717, 1.165) is 0 Å². The first-order valence-corrected chi connectivity index (χ1v) is 8.49. The van der Waals surface area contributed by atoms with Gasteiger partial charge in [-0.15, -0.1) is 0 Å². The quantitative estimate of drug-likeness (QED) is 0.668. The molecule has 0 spiro atoms. The molecule has 3 rings (SSSR count). The van der Waals surface area contributed by atoms with Crippen LogP contribution in [-0.2, 0) is 5.66 Å². The summed E-state index contributed by atoms with van der Waals surface area (Å²) in [5, 5.41) is 5.70. The predicted molar refractivity (Wildman–Crippen MR) is 101 cm³/mol. The third-order valence-corrected chi connectivity index (χ3v) is 4.55. The van der Waals surface area contributed by atoms with Crippen molar-refractivity contribution in [2.45, 2.75) is 38.5 Å². The summed E-state index contributed by atoms with van der Waals surface area (Å²) >= 11 is 0. The van der Waals surface area contributed by atoms with Crippen molar-refractivity contribution in [2.75, 3.05) is 11.1 Å². The molecule has 3 heterocycles. The Morgan fingerprint density at radius 1 is 1.44 bits per heavy atom. The molecular formula is C18H21FN6O2. The summed E-state index contributed by atoms with van der Waals surface area (Å²) in [6.07, 6.45) is 2.03. The largest absolute Gasteiger partial charge is 0.384 e. The molecule has 0 aromatic carbocycles. The first-order valence-electron chi connectivity index (χ1n) is 8.49. The second-order valence-electron chi connectivity index (χ2n) is 6.59. The van der Waals surface area contributed by atoms with Gasteiger partial charge in [0.05, 0.1) is 6.17 Å². The van der Waals surface area contributed by atoms with E-state index in [1.165, 1.54) is 30.0 Å². The number of nitrogen functional groups attached to an aromatic ring is 1. The summed E-state index contributed by atoms with van der Waals surface area (Å²) in [5.41, 5.74) is 5.05. The van der Waals surface area contributed by atoms with Gasteiger partial charge in [-0.3, -0.25) is 14.2 Å². The van der Waals surface area contributed by atoms with Gasteiger partial charge in [-0.25, -0.2) is 14.4 Å². The molecule has 4 N–H and O–H groups in total. The number of carbonyl (C=O) groups excluding carboxylic acids is 1. The molecular weight excluding hydrogens is 351 g/mol. The lowest BCUT2D eigenvalue weighted by Crippen LogP contribution is -2.46. The van der Waals surface area contributed by atoms with Crippen LogP contribution in [0.3, 0.4) is 0 Å². The molecule has 27 heavy (non-hydrogen) atoms. The Bertz CT molecular complexity index is 971. The minimum atomic E-state index is -1.18. The zero-order valence-corrected chi connectivity index (χ0v) is 15.1. The highest BCUT2D eigenvalue weighted by Crippen LogP contribution is 2.31. The lowest BCUT2D eigenvalue weighted by Gasteiger charge is -2.29. The number of alkyl halides is 1. The highest BCUT2D eigenvalue weighted by Gasteiger charge is 2.42. The number of hydrogen-bond acceptors (Lipinski definition) is 6. The van der Waals surface area contributed by atoms with Crippen LogP contribution in [0.2, 0.25) is 0 Å². The van der Waals surface area contributed by atoms with Crippen molar-refractivity contribution in [3.63, 3.8) is 0 Å². The molecule has 2 atom stereocenters. The first-order chi connectivity index (χ1) is 12.8. The van der Waals surface area contributed by atoms with Crippen LogP contribution >= 0.6 is 0 Å². The fourth-order valence-electron chi connectivity index (χ4n) is 3.22. The molecule has 0 saturated heterocycles. The maximum Gasteiger partial charge on any atom is 0.277 e. The molecule has 1 aliphatic heterocycles. The maximum absolute atomic E-state index is 13.4. The minimum absolute atomic E-state index is 0.164. The highest BCUT2D eigenvalue weighted by atomic mass is 19.1. The predicted octanol–water partition coefficient (Wildman–Crippen LogP) is 1.99. The lowest BCUT2D eigenvalue weighted by molar-refractivity contribution is 0.0930. The Balaban J connectivity index is 2.12. The molecule has 2 aromatic rings. The molecule has 0 aliphatic carbocycles. The zero-order chi connectivity index (χ0) is 19.8. The molecule has 0 bridgehead atoms. The number of pyridine rings is 1. The third kappa shape index (κ3) is 3.27. The van der Waals surface area contributed by atoms with E-state index in [9.17, 15) is 14.0 Å². The monoisotopic (exact) mass is 372 g/mol. The van der Waals surface area contributed by atoms with Crippen LogP contribution < -0.4 is 21.9 Å². The van der Waals surface area contributed by atoms with Crippen molar-refractivity contribution < 1.29 is 9.18 Å². The fourth-order valence-corrected chi connectivity index (χ4v) is 3.22. The van der Waals surface area contributed by atoms with E-state index in [4.69, 9.17) is 5.73 Å². The standard InChI is InChI=1S/C18H21FN6O2/c1-4-18(6-5-11(3)19)24-16(26)15-10(2)7-12(17(27)25(15)18)23-14-8-13(20)21-9-22-14/h4,7-9,11H,1,5-6H2,2-3H3,(H,24,26)(H3,20,21,22,23). The van der Waals surface area contributed by atoms with Crippen molar-refractivity contribution in [2.24, 2.45) is 0 Å². The van der Waals surface area contributed by atoms with E-state index in [1.807, 2.05) is 0 Å². The number of anilines is 3. The number of nitrogens with one attached hydrogen (secondary N) is 2. The van der Waals surface area contributed by atoms with Gasteiger partial charge in [-0.2, -0.15) is 0 Å². The van der Waals surface area contributed by atoms with Crippen molar-refractivity contribution in [3.8, 4) is 0 Å². The van der Waals surface area contributed by atoms with Crippen molar-refractivity contribution >= 4 is 23.2 Å². The number of fused-ring (bicyclic) bond motifs is 1. The van der Waals surface area contributed by atoms with Crippen molar-refractivity contribution in [3.05, 3.63) is 52.7 Å². The Kier molecular flexibility index (Phi) is 4.69. The minimum Gasteiger partial charge on any atom is -0.384 e. The fraction of sp³-hybridized carbons (Fsp3) is 0.333. The van der Waals surface area contributed by atoms with E-state index < -0.39 is 23.3 Å². The molecule has 0 saturated carbocycles. The van der Waals surface area contributed by atoms with Crippen LogP contribution in [-0.4, -0.2) is 26.6 Å². The average molecular weight is 372 g/mol. The second-order valence-corrected chi connectivity index (χ2v) is 6.59. The van der Waals surface area contributed by atoms with Crippen LogP contribution in [0.25, 0.3) is 0 Å². The van der Waals surface area contributed by atoms with Gasteiger partial charge in [-0.1, -0.05) is 6.58 Å². The number of halogens is 1. The Morgan fingerprint density at radius 3 is 2.81 bits per heavy atom. The topological polar surface area (TPSA) is 115 Å². The van der Waals surface area contributed by atoms with Crippen LogP contribution in [0.4, 0.5) is 21.7 Å². The van der Waals surface area contributed by atoms with E-state index in [1.54, 1.807) is 13.0 Å². The third-order valence-electron chi connectivity index (χ3n) is 4.55. The number of rotatable bonds is 6. The first kappa shape index (κ1) is 18.6. The smallest absolute Gasteiger partial charge is 0.277 e. The number of nitrogens with zero attached hydrogens (tertiary/aromatic N) is 3. The Labute approximate surface area is 155 Å². The molecule has 1 amide bonds. The molecule has 2 aromatic heterocycles. The number of carbonyl (C=O) groups is 1. The van der Waals surface area contributed by atoms with Crippen molar-refractivity contribution in [1.29, 1.82) is 0 Å². The summed E-state index contributed by atoms with van der Waals surface area (Å²) in [7, 11) is 0. The molecule has 0 fully saturated rings. The van der Waals surface area contributed by atoms with Crippen molar-refractivity contribution in [1.82, 2.24) is 19.9 Å². The molecule has 142 valence electrons. The van der Waals surface area contributed by atoms with Gasteiger partial charge < -0.3 is 16.4 Å². The lowest BCUT2D eigenvalue weighted by atomic mass is 10.0. The summed E-state index contributed by atoms with van der Waals surface area (Å²) in [4.78, 5) is 33.5. The molecule has 2 unspecified atom stereocenters. The Morgan fingerprint density at radius 2 is 2.19 bits per heavy atom. The van der Waals surface area contributed by atoms with Gasteiger partial charge >= 0.3 is 0 Å². The van der Waals surface area contributed by atoms with Crippen LogP contribution in [0.5, 0.6) is 0 Å². The van der Waals surface area contributed by atoms with Crippen LogP contribution in [0.1, 0.15) is 35.8 Å². The zero-order valence-electron chi connectivity index (χ0n) is 15.1. The van der Waals surface area contributed by atoms with E-state index >= 15 is 0 Å². The molecule has 8 nitrogen and oxygen atoms in total. The average Bonchev–Trinajstić information content (AvgIpc) is 2.91. The van der Waals surface area contributed by atoms with Gasteiger partial charge in [-0.05, 0) is 44.4 Å². The number of nitrogens with two attached hydrogens (primary N) is 1. The molecule has 0 radical (unpaired) electrons. The number of hydrogen-bond donors (Lipinski definition) is 3.